The Bertz CT molecular complexity index is 1400. The van der Waals surface area contributed by atoms with Crippen molar-refractivity contribution in [3.8, 4) is 0 Å². The van der Waals surface area contributed by atoms with Crippen molar-refractivity contribution in [2.24, 2.45) is 10.9 Å². The van der Waals surface area contributed by atoms with E-state index in [1.807, 2.05) is 4.90 Å². The Hall–Kier alpha value is -4.37. The van der Waals surface area contributed by atoms with Crippen molar-refractivity contribution in [3.63, 3.8) is 0 Å². The smallest absolute Gasteiger partial charge is 0.435 e. The summed E-state index contributed by atoms with van der Waals surface area (Å²) >= 11 is 1.22. The number of hydrogen-bond donors (Lipinski definition) is 1. The van der Waals surface area contributed by atoms with Crippen molar-refractivity contribution < 1.29 is 33.7 Å². The SMILES string of the molecule is CC(=NC(=O)OCc1ccc([N+](=O)[O-])cc1)N1CC[C@H](SC(=O)C[C@H]2NC(=O)[C@@H]2[C@@H](C)OCc2ccc([N+](=O)[O-])cc2)C1. The molecule has 2 aliphatic heterocycles. The molecule has 0 unspecified atom stereocenters. The van der Waals surface area contributed by atoms with E-state index in [-0.39, 0.29) is 53.3 Å². The average Bonchev–Trinajstić information content (AvgIpc) is 3.43. The van der Waals surface area contributed by atoms with Crippen molar-refractivity contribution in [2.75, 3.05) is 13.1 Å². The maximum absolute atomic E-state index is 12.8. The van der Waals surface area contributed by atoms with Gasteiger partial charge in [0.15, 0.2) is 5.12 Å². The molecule has 2 aliphatic rings. The first-order valence-corrected chi connectivity index (χ1v) is 14.4. The monoisotopic (exact) mass is 613 g/mol. The van der Waals surface area contributed by atoms with E-state index in [4.69, 9.17) is 9.47 Å². The number of carbonyl (C=O) groups excluding carboxylic acids is 3. The Labute approximate surface area is 251 Å². The van der Waals surface area contributed by atoms with Crippen LogP contribution in [0.15, 0.2) is 53.5 Å². The zero-order chi connectivity index (χ0) is 31.1. The Kier molecular flexibility index (Phi) is 10.4. The molecule has 4 atom stereocenters. The maximum atomic E-state index is 12.8. The van der Waals surface area contributed by atoms with E-state index in [2.05, 4.69) is 10.3 Å². The zero-order valence-corrected chi connectivity index (χ0v) is 24.4. The summed E-state index contributed by atoms with van der Waals surface area (Å²) in [5.74, 6) is -0.193. The number of thioether (sulfide) groups is 1. The Morgan fingerprint density at radius 2 is 1.63 bits per heavy atom. The summed E-state index contributed by atoms with van der Waals surface area (Å²) < 4.78 is 11.0. The standard InChI is InChI=1S/C28H31N5O9S/c1-17(41-15-19-3-7-21(8-4-19)32(37)38)26-24(30-27(26)35)13-25(34)43-23-11-12-31(14-23)18(2)29-28(36)42-16-20-5-9-22(10-6-20)33(39)40/h3-10,17,23-24,26H,11-16H2,1-2H3,(H,30,35)/t17-,23+,24-,26-/m1/s1. The topological polar surface area (TPSA) is 184 Å². The number of ether oxygens (including phenoxy) is 2. The van der Waals surface area contributed by atoms with E-state index in [1.54, 1.807) is 26.0 Å². The van der Waals surface area contributed by atoms with Gasteiger partial charge >= 0.3 is 6.09 Å². The molecule has 2 amide bonds. The number of nitro groups is 2. The first-order valence-electron chi connectivity index (χ1n) is 13.5. The summed E-state index contributed by atoms with van der Waals surface area (Å²) in [6.07, 6.45) is -0.353. The van der Waals surface area contributed by atoms with Crippen molar-refractivity contribution in [1.82, 2.24) is 10.2 Å². The molecule has 4 rings (SSSR count). The van der Waals surface area contributed by atoms with Gasteiger partial charge in [-0.2, -0.15) is 4.99 Å². The van der Waals surface area contributed by atoms with Gasteiger partial charge < -0.3 is 19.7 Å². The van der Waals surface area contributed by atoms with Gasteiger partial charge in [0.1, 0.15) is 12.4 Å². The first-order chi connectivity index (χ1) is 20.5. The minimum Gasteiger partial charge on any atom is -0.443 e. The molecule has 0 aromatic heterocycles. The maximum Gasteiger partial charge on any atom is 0.435 e. The minimum absolute atomic E-state index is 0.00109. The molecule has 2 heterocycles. The molecular weight excluding hydrogens is 582 g/mol. The molecule has 0 saturated carbocycles. The van der Waals surface area contributed by atoms with Gasteiger partial charge in [-0.15, -0.1) is 0 Å². The molecular formula is C28H31N5O9S. The highest BCUT2D eigenvalue weighted by atomic mass is 32.2. The van der Waals surface area contributed by atoms with Gasteiger partial charge in [-0.25, -0.2) is 4.79 Å². The van der Waals surface area contributed by atoms with Crippen molar-refractivity contribution in [3.05, 3.63) is 79.9 Å². The summed E-state index contributed by atoms with van der Waals surface area (Å²) in [6.45, 7) is 4.71. The van der Waals surface area contributed by atoms with E-state index in [9.17, 15) is 34.6 Å². The van der Waals surface area contributed by atoms with Crippen LogP contribution in [0.2, 0.25) is 0 Å². The summed E-state index contributed by atoms with van der Waals surface area (Å²) in [7, 11) is 0. The summed E-state index contributed by atoms with van der Waals surface area (Å²) in [6, 6.07) is 11.3. The fraction of sp³-hybridized carbons (Fsp3) is 0.429. The van der Waals surface area contributed by atoms with Gasteiger partial charge in [-0.1, -0.05) is 11.8 Å². The number of amidine groups is 1. The molecule has 2 saturated heterocycles. The number of benzene rings is 2. The lowest BCUT2D eigenvalue weighted by molar-refractivity contribution is -0.385. The van der Waals surface area contributed by atoms with Crippen LogP contribution in [0.5, 0.6) is 0 Å². The second kappa shape index (κ2) is 14.2. The first kappa shape index (κ1) is 31.6. The number of rotatable bonds is 11. The number of likely N-dealkylation sites (tertiary alicyclic amines) is 1. The van der Waals surface area contributed by atoms with Crippen LogP contribution in [0.4, 0.5) is 16.2 Å². The lowest BCUT2D eigenvalue weighted by Gasteiger charge is -2.39. The highest BCUT2D eigenvalue weighted by molar-refractivity contribution is 8.14. The van der Waals surface area contributed by atoms with E-state index in [0.29, 0.717) is 24.5 Å². The third-order valence-electron chi connectivity index (χ3n) is 7.28. The van der Waals surface area contributed by atoms with Crippen LogP contribution in [0.3, 0.4) is 0 Å². The molecule has 2 aromatic carbocycles. The lowest BCUT2D eigenvalue weighted by Crippen LogP contribution is -2.62. The average molecular weight is 614 g/mol. The number of hydrogen-bond acceptors (Lipinski definition) is 10. The van der Waals surface area contributed by atoms with Crippen LogP contribution >= 0.6 is 11.8 Å². The van der Waals surface area contributed by atoms with Crippen LogP contribution in [-0.4, -0.2) is 68.2 Å². The largest absolute Gasteiger partial charge is 0.443 e. The minimum atomic E-state index is -0.778. The quantitative estimate of drug-likeness (QED) is 0.127. The predicted octanol–water partition coefficient (Wildman–Crippen LogP) is 4.00. The molecule has 0 aliphatic carbocycles. The molecule has 0 radical (unpaired) electrons. The second-order valence-corrected chi connectivity index (χ2v) is 11.6. The highest BCUT2D eigenvalue weighted by Gasteiger charge is 2.44. The predicted molar refractivity (Wildman–Crippen MR) is 156 cm³/mol. The van der Waals surface area contributed by atoms with Crippen LogP contribution in [0.25, 0.3) is 0 Å². The van der Waals surface area contributed by atoms with E-state index in [1.165, 1.54) is 48.2 Å². The Balaban J connectivity index is 1.18. The number of nitro benzene ring substituents is 2. The van der Waals surface area contributed by atoms with Gasteiger partial charge in [-0.05, 0) is 55.7 Å². The van der Waals surface area contributed by atoms with Gasteiger partial charge in [-0.3, -0.25) is 29.8 Å². The summed E-state index contributed by atoms with van der Waals surface area (Å²) in [5, 5.41) is 24.3. The van der Waals surface area contributed by atoms with Crippen LogP contribution < -0.4 is 5.32 Å². The molecule has 2 aromatic rings. The highest BCUT2D eigenvalue weighted by Crippen LogP contribution is 2.30. The van der Waals surface area contributed by atoms with Crippen LogP contribution in [-0.2, 0) is 32.3 Å². The van der Waals surface area contributed by atoms with Crippen LogP contribution in [0.1, 0.15) is 37.8 Å². The molecule has 14 nitrogen and oxygen atoms in total. The van der Waals surface area contributed by atoms with Crippen molar-refractivity contribution >= 4 is 46.1 Å². The number of aliphatic imine (C=N–C) groups is 1. The van der Waals surface area contributed by atoms with E-state index >= 15 is 0 Å². The van der Waals surface area contributed by atoms with Gasteiger partial charge in [0.05, 0.1) is 34.5 Å². The van der Waals surface area contributed by atoms with Gasteiger partial charge in [0.2, 0.25) is 5.91 Å². The number of non-ortho nitro benzene ring substituents is 2. The number of nitrogens with one attached hydrogen (secondary N) is 1. The van der Waals surface area contributed by atoms with E-state index in [0.717, 1.165) is 12.0 Å². The van der Waals surface area contributed by atoms with E-state index < -0.39 is 28.0 Å². The number of amides is 2. The second-order valence-electron chi connectivity index (χ2n) is 10.3. The third-order valence-corrected chi connectivity index (χ3v) is 8.43. The molecule has 15 heteroatoms. The van der Waals surface area contributed by atoms with Crippen LogP contribution in [0, 0.1) is 26.1 Å². The molecule has 43 heavy (non-hydrogen) atoms. The number of nitrogens with zero attached hydrogens (tertiary/aromatic N) is 4. The molecule has 0 bridgehead atoms. The number of β-lactam (4-membered cyclic amide) rings is 1. The molecule has 2 fully saturated rings. The fourth-order valence-electron chi connectivity index (χ4n) is 4.84. The third kappa shape index (κ3) is 8.58. The normalized spacial score (nSPS) is 20.6. The van der Waals surface area contributed by atoms with Gasteiger partial charge in [0, 0.05) is 49.0 Å². The van der Waals surface area contributed by atoms with Crippen molar-refractivity contribution in [2.45, 2.75) is 57.3 Å². The zero-order valence-electron chi connectivity index (χ0n) is 23.5. The Morgan fingerprint density at radius 1 is 1.05 bits per heavy atom. The molecule has 1 N–H and O–H groups in total. The molecule has 228 valence electrons. The fourth-order valence-corrected chi connectivity index (χ4v) is 5.97. The lowest BCUT2D eigenvalue weighted by atomic mass is 9.84. The summed E-state index contributed by atoms with van der Waals surface area (Å²) in [5.41, 5.74) is 1.26. The summed E-state index contributed by atoms with van der Waals surface area (Å²) in [4.78, 5) is 63.7. The van der Waals surface area contributed by atoms with Crippen molar-refractivity contribution in [1.29, 1.82) is 0 Å². The van der Waals surface area contributed by atoms with Gasteiger partial charge in [0.25, 0.3) is 11.4 Å². The Morgan fingerprint density at radius 3 is 2.19 bits per heavy atom. The molecule has 0 spiro atoms. The number of carbonyl (C=O) groups is 3.